The molecule has 19 rings (SSSR count). The van der Waals surface area contributed by atoms with E-state index in [0.29, 0.717) is 10.8 Å². The van der Waals surface area contributed by atoms with Gasteiger partial charge in [0, 0.05) is 38.5 Å². The summed E-state index contributed by atoms with van der Waals surface area (Å²) in [6.45, 7) is 2.28. The lowest BCUT2D eigenvalue weighted by atomic mass is 9.38. The second-order valence-electron chi connectivity index (χ2n) is 24.1. The van der Waals surface area contributed by atoms with Crippen molar-refractivity contribution in [2.24, 2.45) is 40.9 Å². The number of rotatable bonds is 4. The van der Waals surface area contributed by atoms with Crippen molar-refractivity contribution in [3.05, 3.63) is 150 Å². The minimum Gasteiger partial charge on any atom is -0.454 e. The summed E-state index contributed by atoms with van der Waals surface area (Å²) in [6.07, 6.45) is 15.8. The van der Waals surface area contributed by atoms with Crippen molar-refractivity contribution in [2.45, 2.75) is 88.4 Å². The highest BCUT2D eigenvalue weighted by molar-refractivity contribution is 6.94. The minimum absolute atomic E-state index is 0.0438. The molecule has 4 heteroatoms. The molecule has 67 heavy (non-hydrogen) atoms. The monoisotopic (exact) mass is 864 g/mol. The van der Waals surface area contributed by atoms with E-state index in [1.807, 2.05) is 0 Å². The molecule has 4 heterocycles. The standard InChI is InChI=1S/C63H53BN2O/c1-35-19-51-48-16-17-49-47-9-5-6-10-56(47)67-60(49)59(48)66(46-14-11-40(12-15-46)39-7-3-2-4-8-39)64-53-28-42(61-29-36-21-37(30-61)23-38(22-36)31-61)27-52-50-26-41(13-18-54(50)65(58(52)53)55(20-35)57(51)64)62-32-44-24-43-25-45(33-62)63(43,44)34-62/h2-20,26-28,36-38,43-45H,21-25,29-34H2,1H3/t36?,37?,38?,43?,44-,45?,61?,62?,63?/m1/s1. The molecule has 6 bridgehead atoms. The average molecular weight is 865 g/mol. The fraction of sp³-hybridized carbons (Fsp3) is 0.333. The summed E-state index contributed by atoms with van der Waals surface area (Å²) < 4.78 is 9.88. The molecule has 9 aromatic rings. The number of anilines is 2. The molecule has 8 aliphatic carbocycles. The number of aromatic nitrogens is 1. The quantitative estimate of drug-likeness (QED) is 0.164. The molecule has 7 aromatic carbocycles. The van der Waals surface area contributed by atoms with Crippen molar-refractivity contribution >= 4 is 72.9 Å². The average Bonchev–Trinajstić information content (AvgIpc) is 4.07. The van der Waals surface area contributed by atoms with Crippen molar-refractivity contribution in [3.8, 4) is 27.9 Å². The maximum absolute atomic E-state index is 7.13. The molecule has 2 aliphatic heterocycles. The summed E-state index contributed by atoms with van der Waals surface area (Å²) in [5.41, 5.74) is 22.4. The van der Waals surface area contributed by atoms with E-state index in [9.17, 15) is 0 Å². The van der Waals surface area contributed by atoms with Crippen LogP contribution in [-0.2, 0) is 10.8 Å². The first-order valence-corrected chi connectivity index (χ1v) is 26.1. The van der Waals surface area contributed by atoms with Crippen LogP contribution in [-0.4, -0.2) is 11.4 Å². The molecule has 8 fully saturated rings. The van der Waals surface area contributed by atoms with Crippen LogP contribution in [0.2, 0.25) is 0 Å². The van der Waals surface area contributed by atoms with Gasteiger partial charge in [-0.05, 0) is 222 Å². The molecule has 8 saturated carbocycles. The lowest BCUT2D eigenvalue weighted by Crippen LogP contribution is -2.61. The maximum Gasteiger partial charge on any atom is 0.333 e. The Morgan fingerprint density at radius 1 is 0.567 bits per heavy atom. The number of hydrogen-bond acceptors (Lipinski definition) is 2. The molecular formula is C63H53BN2O. The predicted molar refractivity (Wildman–Crippen MR) is 275 cm³/mol. The van der Waals surface area contributed by atoms with Crippen LogP contribution >= 0.6 is 0 Å². The normalized spacial score (nSPS) is 31.7. The molecule has 2 aromatic heterocycles. The first kappa shape index (κ1) is 36.1. The number of hydrogen-bond donors (Lipinski definition) is 0. The van der Waals surface area contributed by atoms with Gasteiger partial charge in [0.1, 0.15) is 5.58 Å². The first-order valence-electron chi connectivity index (χ1n) is 26.1. The van der Waals surface area contributed by atoms with E-state index in [1.54, 1.807) is 11.1 Å². The van der Waals surface area contributed by atoms with Crippen LogP contribution in [0, 0.1) is 47.8 Å². The van der Waals surface area contributed by atoms with E-state index in [0.717, 1.165) is 46.7 Å². The van der Waals surface area contributed by atoms with Crippen molar-refractivity contribution in [2.75, 3.05) is 4.81 Å². The molecular weight excluding hydrogens is 812 g/mol. The van der Waals surface area contributed by atoms with E-state index >= 15 is 0 Å². The van der Waals surface area contributed by atoms with Gasteiger partial charge in [0.2, 0.25) is 0 Å². The zero-order valence-corrected chi connectivity index (χ0v) is 38.3. The Morgan fingerprint density at radius 2 is 1.30 bits per heavy atom. The minimum atomic E-state index is -0.0438. The lowest BCUT2D eigenvalue weighted by molar-refractivity contribution is -0.175. The lowest BCUT2D eigenvalue weighted by Gasteiger charge is -2.66. The van der Waals surface area contributed by atoms with Crippen LogP contribution in [0.3, 0.4) is 0 Å². The van der Waals surface area contributed by atoms with Crippen molar-refractivity contribution in [1.82, 2.24) is 4.57 Å². The molecule has 5 atom stereocenters. The summed E-state index contributed by atoms with van der Waals surface area (Å²) in [7, 11) is 0. The molecule has 0 saturated heterocycles. The zero-order chi connectivity index (χ0) is 43.3. The van der Waals surface area contributed by atoms with Gasteiger partial charge >= 0.3 is 6.85 Å². The molecule has 4 unspecified atom stereocenters. The third-order valence-corrected chi connectivity index (χ3v) is 21.2. The van der Waals surface area contributed by atoms with Crippen LogP contribution in [0.25, 0.3) is 71.7 Å². The fourth-order valence-electron chi connectivity index (χ4n) is 19.1. The fourth-order valence-corrected chi connectivity index (χ4v) is 19.1. The van der Waals surface area contributed by atoms with Gasteiger partial charge in [0.25, 0.3) is 0 Å². The van der Waals surface area contributed by atoms with E-state index in [4.69, 9.17) is 4.42 Å². The highest BCUT2D eigenvalue weighted by Crippen LogP contribution is 2.84. The van der Waals surface area contributed by atoms with Gasteiger partial charge in [-0.1, -0.05) is 84.9 Å². The Hall–Kier alpha value is -6.00. The van der Waals surface area contributed by atoms with E-state index in [2.05, 4.69) is 150 Å². The summed E-state index contributed by atoms with van der Waals surface area (Å²) in [5.74, 6) is 5.61. The zero-order valence-electron chi connectivity index (χ0n) is 38.3. The van der Waals surface area contributed by atoms with Gasteiger partial charge in [0.15, 0.2) is 5.58 Å². The van der Waals surface area contributed by atoms with Crippen molar-refractivity contribution < 1.29 is 4.42 Å². The molecule has 1 spiro atoms. The number of benzene rings is 7. The Balaban J connectivity index is 0.947. The van der Waals surface area contributed by atoms with Crippen LogP contribution < -0.4 is 15.7 Å². The second-order valence-corrected chi connectivity index (χ2v) is 24.1. The Labute approximate surface area is 392 Å². The van der Waals surface area contributed by atoms with Crippen molar-refractivity contribution in [3.63, 3.8) is 0 Å². The summed E-state index contributed by atoms with van der Waals surface area (Å²) in [5, 5.41) is 5.36. The maximum atomic E-state index is 7.13. The number of aryl methyl sites for hydroxylation is 1. The van der Waals surface area contributed by atoms with E-state index in [1.165, 1.54) is 159 Å². The van der Waals surface area contributed by atoms with E-state index < -0.39 is 0 Å². The predicted octanol–water partition coefficient (Wildman–Crippen LogP) is 14.4. The van der Waals surface area contributed by atoms with Crippen LogP contribution in [0.15, 0.2) is 138 Å². The largest absolute Gasteiger partial charge is 0.454 e. The Bertz CT molecular complexity index is 3670. The summed E-state index contributed by atoms with van der Waals surface area (Å²) in [4.78, 5) is 2.73. The van der Waals surface area contributed by atoms with Gasteiger partial charge in [-0.3, -0.25) is 0 Å². The smallest absolute Gasteiger partial charge is 0.333 e. The third kappa shape index (κ3) is 4.25. The number of fused-ring (bicyclic) bond motifs is 12. The molecule has 0 radical (unpaired) electrons. The first-order chi connectivity index (χ1) is 32.9. The summed E-state index contributed by atoms with van der Waals surface area (Å²) >= 11 is 0. The van der Waals surface area contributed by atoms with Gasteiger partial charge < -0.3 is 13.8 Å². The molecule has 3 nitrogen and oxygen atoms in total. The van der Waals surface area contributed by atoms with Gasteiger partial charge in [-0.2, -0.15) is 0 Å². The van der Waals surface area contributed by atoms with Crippen molar-refractivity contribution in [1.29, 1.82) is 0 Å². The van der Waals surface area contributed by atoms with Crippen LogP contribution in [0.4, 0.5) is 11.4 Å². The molecule has 10 aliphatic rings. The highest BCUT2D eigenvalue weighted by atomic mass is 16.3. The van der Waals surface area contributed by atoms with Gasteiger partial charge in [-0.25, -0.2) is 0 Å². The SMILES string of the molecule is Cc1cc2c3c(c1)-n1c4ccc(C56CC7CC8C[C@H](C5)C87C6)cc4c4cc(C56CC7CC(CC(C7)C5)C6)cc(c41)B3N(c1ccc(-c3ccccc3)cc1)c1c-2ccc2c1oc1ccccc12. The molecule has 324 valence electrons. The third-order valence-electron chi connectivity index (χ3n) is 21.2. The number of para-hydroxylation sites is 1. The number of furan rings is 1. The van der Waals surface area contributed by atoms with Gasteiger partial charge in [0.05, 0.1) is 16.7 Å². The number of nitrogens with zero attached hydrogens (tertiary/aromatic N) is 2. The van der Waals surface area contributed by atoms with E-state index in [-0.39, 0.29) is 12.3 Å². The van der Waals surface area contributed by atoms with Gasteiger partial charge in [-0.15, -0.1) is 0 Å². The Morgan fingerprint density at radius 3 is 2.06 bits per heavy atom. The van der Waals surface area contributed by atoms with Crippen LogP contribution in [0.5, 0.6) is 0 Å². The summed E-state index contributed by atoms with van der Waals surface area (Å²) in [6, 6.07) is 52.4. The second kappa shape index (κ2) is 11.8. The Kier molecular flexibility index (Phi) is 6.36. The topological polar surface area (TPSA) is 21.3 Å². The molecule has 0 amide bonds. The highest BCUT2D eigenvalue weighted by Gasteiger charge is 2.77. The van der Waals surface area contributed by atoms with Crippen LogP contribution in [0.1, 0.15) is 87.3 Å². The molecule has 0 N–H and O–H groups in total.